The molecule has 0 aliphatic heterocycles. The highest BCUT2D eigenvalue weighted by molar-refractivity contribution is 5.62. The predicted molar refractivity (Wildman–Crippen MR) is 58.8 cm³/mol. The Morgan fingerprint density at radius 3 is 2.40 bits per heavy atom. The van der Waals surface area contributed by atoms with Crippen molar-refractivity contribution in [1.29, 1.82) is 0 Å². The third-order valence-corrected chi connectivity index (χ3v) is 2.17. The molecule has 0 saturated heterocycles. The van der Waals surface area contributed by atoms with E-state index in [0.29, 0.717) is 11.4 Å². The van der Waals surface area contributed by atoms with Crippen LogP contribution in [0.15, 0.2) is 36.4 Å². The molecular formula is C12H11FN2. The molecule has 2 N–H and O–H groups in total. The average Bonchev–Trinajstić information content (AvgIpc) is 2.23. The summed E-state index contributed by atoms with van der Waals surface area (Å²) in [7, 11) is 0. The van der Waals surface area contributed by atoms with E-state index in [0.717, 1.165) is 11.3 Å². The number of anilines is 1. The van der Waals surface area contributed by atoms with Crippen molar-refractivity contribution in [2.45, 2.75) is 6.92 Å². The number of aromatic nitrogens is 1. The van der Waals surface area contributed by atoms with Gasteiger partial charge in [0.2, 0.25) is 0 Å². The zero-order valence-corrected chi connectivity index (χ0v) is 8.37. The lowest BCUT2D eigenvalue weighted by Crippen LogP contribution is -1.92. The fourth-order valence-electron chi connectivity index (χ4n) is 1.38. The first-order valence-corrected chi connectivity index (χ1v) is 4.66. The van der Waals surface area contributed by atoms with Gasteiger partial charge in [-0.05, 0) is 31.2 Å². The number of nitrogen functional groups attached to an aromatic ring is 1. The van der Waals surface area contributed by atoms with Gasteiger partial charge in [-0.3, -0.25) is 4.98 Å². The molecule has 0 fully saturated rings. The molecule has 0 spiro atoms. The van der Waals surface area contributed by atoms with Crippen molar-refractivity contribution in [2.24, 2.45) is 0 Å². The van der Waals surface area contributed by atoms with Gasteiger partial charge >= 0.3 is 0 Å². The predicted octanol–water partition coefficient (Wildman–Crippen LogP) is 2.78. The standard InChI is InChI=1S/C12H11FN2/c1-8-2-7-11(13)12(15-8)9-3-5-10(14)6-4-9/h2-7H,14H2,1H3. The Balaban J connectivity index is 2.53. The van der Waals surface area contributed by atoms with Gasteiger partial charge in [-0.25, -0.2) is 4.39 Å². The molecule has 0 atom stereocenters. The van der Waals surface area contributed by atoms with E-state index in [2.05, 4.69) is 4.98 Å². The second-order valence-electron chi connectivity index (χ2n) is 3.41. The third kappa shape index (κ3) is 1.96. The van der Waals surface area contributed by atoms with E-state index in [4.69, 9.17) is 5.73 Å². The van der Waals surface area contributed by atoms with E-state index in [1.165, 1.54) is 6.07 Å². The number of pyridine rings is 1. The molecule has 0 bridgehead atoms. The maximum absolute atomic E-state index is 13.5. The van der Waals surface area contributed by atoms with E-state index in [1.54, 1.807) is 30.3 Å². The second kappa shape index (κ2) is 3.69. The molecule has 1 aromatic heterocycles. The second-order valence-corrected chi connectivity index (χ2v) is 3.41. The van der Waals surface area contributed by atoms with Gasteiger partial charge < -0.3 is 5.73 Å². The Labute approximate surface area is 87.6 Å². The van der Waals surface area contributed by atoms with E-state index in [1.807, 2.05) is 6.92 Å². The minimum Gasteiger partial charge on any atom is -0.399 e. The van der Waals surface area contributed by atoms with Crippen LogP contribution in [0, 0.1) is 12.7 Å². The van der Waals surface area contributed by atoms with Crippen LogP contribution in [0.4, 0.5) is 10.1 Å². The van der Waals surface area contributed by atoms with Crippen molar-refractivity contribution in [3.8, 4) is 11.3 Å². The van der Waals surface area contributed by atoms with Crippen molar-refractivity contribution in [3.63, 3.8) is 0 Å². The van der Waals surface area contributed by atoms with E-state index >= 15 is 0 Å². The van der Waals surface area contributed by atoms with Crippen molar-refractivity contribution in [1.82, 2.24) is 4.98 Å². The molecule has 0 amide bonds. The van der Waals surface area contributed by atoms with Crippen LogP contribution in [0.25, 0.3) is 11.3 Å². The van der Waals surface area contributed by atoms with E-state index in [9.17, 15) is 4.39 Å². The van der Waals surface area contributed by atoms with Crippen molar-refractivity contribution in [2.75, 3.05) is 5.73 Å². The molecule has 0 saturated carbocycles. The first kappa shape index (κ1) is 9.65. The molecule has 3 heteroatoms. The van der Waals surface area contributed by atoms with Crippen LogP contribution in [-0.2, 0) is 0 Å². The summed E-state index contributed by atoms with van der Waals surface area (Å²) in [4.78, 5) is 4.16. The number of halogens is 1. The maximum Gasteiger partial charge on any atom is 0.149 e. The van der Waals surface area contributed by atoms with Crippen molar-refractivity contribution >= 4 is 5.69 Å². The molecule has 1 aromatic carbocycles. The Hall–Kier alpha value is -1.90. The van der Waals surface area contributed by atoms with E-state index in [-0.39, 0.29) is 5.82 Å². The minimum atomic E-state index is -0.314. The lowest BCUT2D eigenvalue weighted by molar-refractivity contribution is 0.624. The highest BCUT2D eigenvalue weighted by atomic mass is 19.1. The van der Waals surface area contributed by atoms with Crippen molar-refractivity contribution < 1.29 is 4.39 Å². The van der Waals surface area contributed by atoms with Crippen LogP contribution in [0.3, 0.4) is 0 Å². The molecule has 1 heterocycles. The zero-order valence-electron chi connectivity index (χ0n) is 8.37. The summed E-state index contributed by atoms with van der Waals surface area (Å²) in [5.74, 6) is -0.314. The topological polar surface area (TPSA) is 38.9 Å². The van der Waals surface area contributed by atoms with Gasteiger partial charge in [-0.1, -0.05) is 12.1 Å². The van der Waals surface area contributed by atoms with Gasteiger partial charge in [0, 0.05) is 16.9 Å². The summed E-state index contributed by atoms with van der Waals surface area (Å²) in [5.41, 5.74) is 8.12. The fourth-order valence-corrected chi connectivity index (χ4v) is 1.38. The first-order valence-electron chi connectivity index (χ1n) is 4.66. The molecule has 0 radical (unpaired) electrons. The molecule has 76 valence electrons. The summed E-state index contributed by atoms with van der Waals surface area (Å²) in [6.45, 7) is 1.83. The Kier molecular flexibility index (Phi) is 2.37. The third-order valence-electron chi connectivity index (χ3n) is 2.17. The first-order chi connectivity index (χ1) is 7.16. The summed E-state index contributed by atoms with van der Waals surface area (Å²) in [6.07, 6.45) is 0. The largest absolute Gasteiger partial charge is 0.399 e. The van der Waals surface area contributed by atoms with Crippen LogP contribution in [0.1, 0.15) is 5.69 Å². The normalized spacial score (nSPS) is 10.3. The Morgan fingerprint density at radius 2 is 1.73 bits per heavy atom. The van der Waals surface area contributed by atoms with Gasteiger partial charge in [0.1, 0.15) is 11.5 Å². The number of nitrogens with two attached hydrogens (primary N) is 1. The number of aryl methyl sites for hydroxylation is 1. The summed E-state index contributed by atoms with van der Waals surface area (Å²) < 4.78 is 13.5. The van der Waals surface area contributed by atoms with E-state index < -0.39 is 0 Å². The molecule has 2 rings (SSSR count). The zero-order chi connectivity index (χ0) is 10.8. The van der Waals surface area contributed by atoms with Crippen LogP contribution >= 0.6 is 0 Å². The summed E-state index contributed by atoms with van der Waals surface area (Å²) in [5, 5.41) is 0. The van der Waals surface area contributed by atoms with Crippen LogP contribution < -0.4 is 5.73 Å². The van der Waals surface area contributed by atoms with Gasteiger partial charge in [-0.2, -0.15) is 0 Å². The van der Waals surface area contributed by atoms with Crippen molar-refractivity contribution in [3.05, 3.63) is 47.9 Å². The van der Waals surface area contributed by atoms with Gasteiger partial charge in [-0.15, -0.1) is 0 Å². The Bertz CT molecular complexity index is 477. The van der Waals surface area contributed by atoms with Crippen LogP contribution in [-0.4, -0.2) is 4.98 Å². The lowest BCUT2D eigenvalue weighted by atomic mass is 10.1. The molecule has 2 nitrogen and oxygen atoms in total. The Morgan fingerprint density at radius 1 is 1.07 bits per heavy atom. The molecule has 0 aliphatic carbocycles. The summed E-state index contributed by atoms with van der Waals surface area (Å²) in [6, 6.07) is 10.1. The number of hydrogen-bond donors (Lipinski definition) is 1. The van der Waals surface area contributed by atoms with Gasteiger partial charge in [0.25, 0.3) is 0 Å². The number of benzene rings is 1. The van der Waals surface area contributed by atoms with Crippen LogP contribution in [0.5, 0.6) is 0 Å². The average molecular weight is 202 g/mol. The summed E-state index contributed by atoms with van der Waals surface area (Å²) >= 11 is 0. The molecular weight excluding hydrogens is 191 g/mol. The molecule has 0 aliphatic rings. The fraction of sp³-hybridized carbons (Fsp3) is 0.0833. The molecule has 2 aromatic rings. The number of rotatable bonds is 1. The number of hydrogen-bond acceptors (Lipinski definition) is 2. The monoisotopic (exact) mass is 202 g/mol. The SMILES string of the molecule is Cc1ccc(F)c(-c2ccc(N)cc2)n1. The highest BCUT2D eigenvalue weighted by Gasteiger charge is 2.06. The lowest BCUT2D eigenvalue weighted by Gasteiger charge is -2.03. The minimum absolute atomic E-state index is 0.314. The maximum atomic E-state index is 13.5. The molecule has 15 heavy (non-hydrogen) atoms. The van der Waals surface area contributed by atoms with Gasteiger partial charge in [0.05, 0.1) is 0 Å². The van der Waals surface area contributed by atoms with Gasteiger partial charge in [0.15, 0.2) is 0 Å². The van der Waals surface area contributed by atoms with Crippen LogP contribution in [0.2, 0.25) is 0 Å². The number of nitrogens with zero attached hydrogens (tertiary/aromatic N) is 1. The smallest absolute Gasteiger partial charge is 0.149 e. The quantitative estimate of drug-likeness (QED) is 0.722. The highest BCUT2D eigenvalue weighted by Crippen LogP contribution is 2.21. The molecule has 0 unspecified atom stereocenters.